The summed E-state index contributed by atoms with van der Waals surface area (Å²) in [6.07, 6.45) is 0. The lowest BCUT2D eigenvalue weighted by Gasteiger charge is -2.42. The lowest BCUT2D eigenvalue weighted by molar-refractivity contribution is 0.579. The van der Waals surface area contributed by atoms with Crippen molar-refractivity contribution >= 4 is 20.6 Å². The number of hydrogen-bond acceptors (Lipinski definition) is 5. The zero-order chi connectivity index (χ0) is 37.7. The molecule has 0 saturated heterocycles. The molecule has 0 spiro atoms. The fraction of sp³-hybridized carbons (Fsp3) is 0.0200. The number of rotatable bonds is 6. The Balaban J connectivity index is 1.20. The molecule has 0 atom stereocenters. The summed E-state index contributed by atoms with van der Waals surface area (Å²) >= 11 is 0. The van der Waals surface area contributed by atoms with Crippen LogP contribution in [0.3, 0.4) is 0 Å². The number of benzene rings is 8. The van der Waals surface area contributed by atoms with Crippen LogP contribution in [0.5, 0.6) is 0 Å². The number of sulfone groups is 1. The molecule has 0 fully saturated rings. The lowest BCUT2D eigenvalue weighted by atomic mass is 9.63. The third-order valence-electron chi connectivity index (χ3n) is 10.8. The molecule has 0 bridgehead atoms. The number of aromatic nitrogens is 3. The predicted octanol–water partition coefficient (Wildman–Crippen LogP) is 11.2. The van der Waals surface area contributed by atoms with Crippen LogP contribution < -0.4 is 0 Å². The monoisotopic (exact) mass is 739 g/mol. The van der Waals surface area contributed by atoms with E-state index in [0.717, 1.165) is 60.8 Å². The second-order valence-electron chi connectivity index (χ2n) is 14.0. The summed E-state index contributed by atoms with van der Waals surface area (Å²) in [5.41, 5.74) is 6.98. The molecule has 2 heterocycles. The third kappa shape index (κ3) is 5.37. The summed E-state index contributed by atoms with van der Waals surface area (Å²) in [5.74, 6) is 1.73. The highest BCUT2D eigenvalue weighted by molar-refractivity contribution is 7.91. The molecular weight excluding hydrogens is 707 g/mol. The Labute approximate surface area is 325 Å². The van der Waals surface area contributed by atoms with Crippen molar-refractivity contribution in [2.75, 3.05) is 0 Å². The molecule has 0 N–H and O–H groups in total. The quantitative estimate of drug-likeness (QED) is 0.170. The zero-order valence-corrected chi connectivity index (χ0v) is 30.9. The van der Waals surface area contributed by atoms with Crippen molar-refractivity contribution in [1.82, 2.24) is 15.0 Å². The SMILES string of the molecule is O=S1(=O)c2ccccc2C(c2ccccc2)(c2ccccc2-c2cccc(-c3nc(-c4ccccc4)nc(-c4ccc5ccccc5c4)n3)c2)c2ccccc21. The van der Waals surface area contributed by atoms with Crippen molar-refractivity contribution in [2.45, 2.75) is 15.2 Å². The smallest absolute Gasteiger partial charge is 0.207 e. The highest BCUT2D eigenvalue weighted by Crippen LogP contribution is 2.55. The fourth-order valence-corrected chi connectivity index (χ4v) is 10.1. The molecule has 10 rings (SSSR count). The van der Waals surface area contributed by atoms with Gasteiger partial charge in [-0.25, -0.2) is 23.4 Å². The zero-order valence-electron chi connectivity index (χ0n) is 30.1. The van der Waals surface area contributed by atoms with E-state index in [2.05, 4.69) is 66.7 Å². The lowest BCUT2D eigenvalue weighted by Crippen LogP contribution is -2.38. The van der Waals surface area contributed by atoms with E-state index in [4.69, 9.17) is 15.0 Å². The number of nitrogens with zero attached hydrogens (tertiary/aromatic N) is 3. The van der Waals surface area contributed by atoms with Gasteiger partial charge in [0.05, 0.1) is 15.2 Å². The molecule has 0 unspecified atom stereocenters. The molecule has 0 radical (unpaired) electrons. The van der Waals surface area contributed by atoms with Crippen molar-refractivity contribution in [2.24, 2.45) is 0 Å². The molecule has 6 heteroatoms. The van der Waals surface area contributed by atoms with Crippen LogP contribution in [0.25, 0.3) is 56.1 Å². The van der Waals surface area contributed by atoms with Crippen molar-refractivity contribution < 1.29 is 8.42 Å². The van der Waals surface area contributed by atoms with Crippen LogP contribution in [0, 0.1) is 0 Å². The topological polar surface area (TPSA) is 72.8 Å². The van der Waals surface area contributed by atoms with Gasteiger partial charge in [-0.3, -0.25) is 0 Å². The Morgan fingerprint density at radius 1 is 0.357 bits per heavy atom. The van der Waals surface area contributed by atoms with Crippen molar-refractivity contribution in [3.63, 3.8) is 0 Å². The maximum Gasteiger partial charge on any atom is 0.207 e. The summed E-state index contributed by atoms with van der Waals surface area (Å²) in [6.45, 7) is 0. The maximum absolute atomic E-state index is 14.3. The van der Waals surface area contributed by atoms with Gasteiger partial charge in [-0.1, -0.05) is 176 Å². The van der Waals surface area contributed by atoms with Gasteiger partial charge in [0.15, 0.2) is 17.5 Å². The summed E-state index contributed by atoms with van der Waals surface area (Å²) in [5, 5.41) is 2.26. The Hall–Kier alpha value is -7.02. The Morgan fingerprint density at radius 3 is 1.52 bits per heavy atom. The largest absolute Gasteiger partial charge is 0.218 e. The molecule has 1 aliphatic heterocycles. The normalized spacial score (nSPS) is 13.8. The molecule has 0 amide bonds. The van der Waals surface area contributed by atoms with Crippen LogP contribution in [-0.4, -0.2) is 23.4 Å². The summed E-state index contributed by atoms with van der Waals surface area (Å²) < 4.78 is 28.6. The van der Waals surface area contributed by atoms with Gasteiger partial charge in [-0.2, -0.15) is 0 Å². The molecule has 9 aromatic rings. The average molecular weight is 740 g/mol. The highest BCUT2D eigenvalue weighted by Gasteiger charge is 2.49. The molecule has 1 aromatic heterocycles. The van der Waals surface area contributed by atoms with E-state index in [9.17, 15) is 8.42 Å². The van der Waals surface area contributed by atoms with Gasteiger partial charge < -0.3 is 0 Å². The fourth-order valence-electron chi connectivity index (χ4n) is 8.30. The second-order valence-corrected chi connectivity index (χ2v) is 15.9. The molecule has 0 saturated carbocycles. The maximum atomic E-state index is 14.3. The van der Waals surface area contributed by atoms with Gasteiger partial charge in [0.25, 0.3) is 0 Å². The first-order valence-electron chi connectivity index (χ1n) is 18.5. The van der Waals surface area contributed by atoms with Crippen molar-refractivity contribution in [1.29, 1.82) is 0 Å². The summed E-state index contributed by atoms with van der Waals surface area (Å²) in [7, 11) is -3.80. The van der Waals surface area contributed by atoms with Crippen molar-refractivity contribution in [3.05, 3.63) is 222 Å². The molecule has 1 aliphatic rings. The van der Waals surface area contributed by atoms with E-state index in [1.807, 2.05) is 109 Å². The third-order valence-corrected chi connectivity index (χ3v) is 12.7. The Morgan fingerprint density at radius 2 is 0.839 bits per heavy atom. The van der Waals surface area contributed by atoms with Gasteiger partial charge in [-0.05, 0) is 68.4 Å². The van der Waals surface area contributed by atoms with Crippen LogP contribution in [0.1, 0.15) is 22.3 Å². The molecule has 266 valence electrons. The molecule has 56 heavy (non-hydrogen) atoms. The van der Waals surface area contributed by atoms with E-state index in [1.165, 1.54) is 0 Å². The minimum absolute atomic E-state index is 0.311. The van der Waals surface area contributed by atoms with Crippen LogP contribution in [0.4, 0.5) is 0 Å². The van der Waals surface area contributed by atoms with E-state index in [-0.39, 0.29) is 0 Å². The number of hydrogen-bond donors (Lipinski definition) is 0. The molecular formula is C50H33N3O2S. The van der Waals surface area contributed by atoms with E-state index < -0.39 is 15.3 Å². The van der Waals surface area contributed by atoms with E-state index in [1.54, 1.807) is 24.3 Å². The Kier molecular flexibility index (Phi) is 8.01. The van der Waals surface area contributed by atoms with Crippen LogP contribution >= 0.6 is 0 Å². The van der Waals surface area contributed by atoms with Gasteiger partial charge in [0, 0.05) is 16.7 Å². The molecule has 5 nitrogen and oxygen atoms in total. The van der Waals surface area contributed by atoms with Crippen LogP contribution in [0.2, 0.25) is 0 Å². The van der Waals surface area contributed by atoms with E-state index >= 15 is 0 Å². The van der Waals surface area contributed by atoms with Crippen molar-refractivity contribution in [3.8, 4) is 45.3 Å². The average Bonchev–Trinajstić information content (AvgIpc) is 3.27. The number of fused-ring (bicyclic) bond motifs is 3. The molecule has 0 aliphatic carbocycles. The second kappa shape index (κ2) is 13.4. The van der Waals surface area contributed by atoms with E-state index in [0.29, 0.717) is 27.3 Å². The first kappa shape index (κ1) is 33.5. The Bertz CT molecular complexity index is 3000. The summed E-state index contributed by atoms with van der Waals surface area (Å²) in [6, 6.07) is 66.3. The van der Waals surface area contributed by atoms with Crippen LogP contribution in [-0.2, 0) is 15.3 Å². The standard InChI is InChI=1S/C50H33N3O2S/c54-56(55)45-28-13-11-26-43(45)50(40-22-5-2-6-23-40,44-27-12-14-29-46(44)56)42-25-10-9-24-41(42)37-20-15-21-38(33-37)48-51-47(35-17-3-1-4-18-35)52-49(53-48)39-31-30-34-16-7-8-19-36(34)32-39/h1-33H. The van der Waals surface area contributed by atoms with Crippen LogP contribution in [0.15, 0.2) is 210 Å². The minimum Gasteiger partial charge on any atom is -0.218 e. The van der Waals surface area contributed by atoms with Gasteiger partial charge >= 0.3 is 0 Å². The summed E-state index contributed by atoms with van der Waals surface area (Å²) in [4.78, 5) is 15.8. The first-order valence-corrected chi connectivity index (χ1v) is 20.0. The minimum atomic E-state index is -3.80. The first-order chi connectivity index (χ1) is 27.5. The predicted molar refractivity (Wildman–Crippen MR) is 223 cm³/mol. The van der Waals surface area contributed by atoms with Gasteiger partial charge in [0.1, 0.15) is 0 Å². The van der Waals surface area contributed by atoms with Gasteiger partial charge in [-0.15, -0.1) is 0 Å². The highest BCUT2D eigenvalue weighted by atomic mass is 32.2. The van der Waals surface area contributed by atoms with Gasteiger partial charge in [0.2, 0.25) is 9.84 Å². The molecule has 8 aromatic carbocycles.